The third kappa shape index (κ3) is 5.78. The van der Waals surface area contributed by atoms with Gasteiger partial charge in [0.2, 0.25) is 0 Å². The molecule has 4 amide bonds. The van der Waals surface area contributed by atoms with Crippen molar-refractivity contribution in [3.63, 3.8) is 0 Å². The molecule has 3 rings (SSSR count). The number of halogens is 1. The summed E-state index contributed by atoms with van der Waals surface area (Å²) in [5.41, 5.74) is 0.558. The third-order valence-corrected chi connectivity index (χ3v) is 4.94. The van der Waals surface area contributed by atoms with Crippen molar-refractivity contribution in [1.82, 2.24) is 5.32 Å². The number of hydrogen-bond donors (Lipinski definition) is 1. The highest BCUT2D eigenvalue weighted by Gasteiger charge is 2.36. The van der Waals surface area contributed by atoms with Gasteiger partial charge in [-0.15, -0.1) is 0 Å². The van der Waals surface area contributed by atoms with Crippen LogP contribution in [0.3, 0.4) is 0 Å². The molecule has 0 aromatic heterocycles. The van der Waals surface area contributed by atoms with Crippen LogP contribution in [0.2, 0.25) is 0 Å². The minimum Gasteiger partial charge on any atom is -0.490 e. The molecular weight excluding hydrogens is 496 g/mol. The summed E-state index contributed by atoms with van der Waals surface area (Å²) in [6.45, 7) is 3.74. The van der Waals surface area contributed by atoms with Gasteiger partial charge in [0, 0.05) is 4.47 Å². The molecule has 0 atom stereocenters. The van der Waals surface area contributed by atoms with Gasteiger partial charge < -0.3 is 14.2 Å². The summed E-state index contributed by atoms with van der Waals surface area (Å²) < 4.78 is 16.7. The van der Waals surface area contributed by atoms with Crippen molar-refractivity contribution in [2.75, 3.05) is 24.7 Å². The zero-order valence-electron chi connectivity index (χ0n) is 17.9. The third-order valence-electron chi connectivity index (χ3n) is 4.42. The lowest BCUT2D eigenvalue weighted by atomic mass is 10.1. The van der Waals surface area contributed by atoms with Crippen LogP contribution in [0.15, 0.2) is 52.5 Å². The van der Waals surface area contributed by atoms with E-state index in [1.54, 1.807) is 56.3 Å². The molecule has 0 aliphatic carbocycles. The first-order chi connectivity index (χ1) is 15.8. The van der Waals surface area contributed by atoms with Gasteiger partial charge in [0.25, 0.3) is 11.8 Å². The van der Waals surface area contributed by atoms with Gasteiger partial charge in [-0.3, -0.25) is 14.9 Å². The van der Waals surface area contributed by atoms with Gasteiger partial charge in [0.1, 0.15) is 5.57 Å². The number of carbonyl (C=O) groups is 4. The molecule has 10 heteroatoms. The molecule has 172 valence electrons. The Bertz CT molecular complexity index is 1110. The van der Waals surface area contributed by atoms with Crippen molar-refractivity contribution >= 4 is 51.5 Å². The summed E-state index contributed by atoms with van der Waals surface area (Å²) in [6.07, 6.45) is 1.35. The van der Waals surface area contributed by atoms with Crippen molar-refractivity contribution in [2.24, 2.45) is 0 Å². The lowest BCUT2D eigenvalue weighted by Gasteiger charge is -2.26. The fourth-order valence-electron chi connectivity index (χ4n) is 2.99. The zero-order chi connectivity index (χ0) is 24.0. The number of anilines is 1. The maximum absolute atomic E-state index is 13.0. The van der Waals surface area contributed by atoms with E-state index in [9.17, 15) is 19.2 Å². The Morgan fingerprint density at radius 2 is 1.73 bits per heavy atom. The van der Waals surface area contributed by atoms with Crippen LogP contribution in [0.25, 0.3) is 6.08 Å². The molecule has 1 aliphatic rings. The smallest absolute Gasteiger partial charge is 0.344 e. The SMILES string of the molecule is CCOC(=O)COc1ccc(/C=C2\C(=O)NC(=O)N(c3ccc(Br)cc3)C2=O)cc1OCC. The molecule has 9 nitrogen and oxygen atoms in total. The Kier molecular flexibility index (Phi) is 7.83. The number of amides is 4. The van der Waals surface area contributed by atoms with E-state index in [0.29, 0.717) is 29.4 Å². The molecule has 2 aromatic carbocycles. The first-order valence-electron chi connectivity index (χ1n) is 10.1. The van der Waals surface area contributed by atoms with Crippen LogP contribution in [0.4, 0.5) is 10.5 Å². The lowest BCUT2D eigenvalue weighted by Crippen LogP contribution is -2.54. The number of rotatable bonds is 8. The second-order valence-corrected chi connectivity index (χ2v) is 7.58. The average Bonchev–Trinajstić information content (AvgIpc) is 2.77. The van der Waals surface area contributed by atoms with Crippen molar-refractivity contribution in [3.05, 3.63) is 58.1 Å². The van der Waals surface area contributed by atoms with E-state index in [4.69, 9.17) is 14.2 Å². The minimum absolute atomic E-state index is 0.222. The van der Waals surface area contributed by atoms with Crippen LogP contribution in [-0.4, -0.2) is 43.6 Å². The van der Waals surface area contributed by atoms with Gasteiger partial charge in [-0.05, 0) is 61.9 Å². The van der Waals surface area contributed by atoms with E-state index >= 15 is 0 Å². The number of barbiturate groups is 1. The Labute approximate surface area is 198 Å². The molecular formula is C23H21BrN2O7. The van der Waals surface area contributed by atoms with Gasteiger partial charge in [-0.25, -0.2) is 14.5 Å². The molecule has 1 saturated heterocycles. The van der Waals surface area contributed by atoms with Gasteiger partial charge in [-0.2, -0.15) is 0 Å². The highest BCUT2D eigenvalue weighted by molar-refractivity contribution is 9.10. The maximum Gasteiger partial charge on any atom is 0.344 e. The van der Waals surface area contributed by atoms with E-state index in [2.05, 4.69) is 21.2 Å². The summed E-state index contributed by atoms with van der Waals surface area (Å²) >= 11 is 3.30. The van der Waals surface area contributed by atoms with Crippen LogP contribution in [-0.2, 0) is 19.1 Å². The molecule has 0 saturated carbocycles. The number of esters is 1. The minimum atomic E-state index is -0.831. The van der Waals surface area contributed by atoms with Crippen molar-refractivity contribution in [1.29, 1.82) is 0 Å². The Balaban J connectivity index is 1.89. The van der Waals surface area contributed by atoms with Crippen LogP contribution in [0.5, 0.6) is 11.5 Å². The van der Waals surface area contributed by atoms with Gasteiger partial charge in [0.15, 0.2) is 18.1 Å². The van der Waals surface area contributed by atoms with Gasteiger partial charge in [-0.1, -0.05) is 22.0 Å². The zero-order valence-corrected chi connectivity index (χ0v) is 19.5. The number of nitrogens with zero attached hydrogens (tertiary/aromatic N) is 1. The number of carbonyl (C=O) groups excluding carboxylic acids is 4. The molecule has 2 aromatic rings. The van der Waals surface area contributed by atoms with Crippen LogP contribution in [0.1, 0.15) is 19.4 Å². The number of benzene rings is 2. The molecule has 33 heavy (non-hydrogen) atoms. The summed E-state index contributed by atoms with van der Waals surface area (Å²) in [6, 6.07) is 10.4. The number of hydrogen-bond acceptors (Lipinski definition) is 7. The van der Waals surface area contributed by atoms with E-state index in [1.807, 2.05) is 0 Å². The second-order valence-electron chi connectivity index (χ2n) is 6.67. The Morgan fingerprint density at radius 3 is 2.39 bits per heavy atom. The van der Waals surface area contributed by atoms with E-state index in [1.165, 1.54) is 6.08 Å². The average molecular weight is 517 g/mol. The van der Waals surface area contributed by atoms with Crippen molar-refractivity contribution < 1.29 is 33.4 Å². The van der Waals surface area contributed by atoms with E-state index in [-0.39, 0.29) is 18.8 Å². The summed E-state index contributed by atoms with van der Waals surface area (Å²) in [5, 5.41) is 2.18. The molecule has 1 aliphatic heterocycles. The normalized spacial score (nSPS) is 14.8. The predicted octanol–water partition coefficient (Wildman–Crippen LogP) is 3.46. The number of nitrogens with one attached hydrogen (secondary N) is 1. The van der Waals surface area contributed by atoms with Crippen molar-refractivity contribution in [3.8, 4) is 11.5 Å². The van der Waals surface area contributed by atoms with Gasteiger partial charge >= 0.3 is 12.0 Å². The quantitative estimate of drug-likeness (QED) is 0.324. The highest BCUT2D eigenvalue weighted by Crippen LogP contribution is 2.30. The first-order valence-corrected chi connectivity index (χ1v) is 10.9. The number of urea groups is 1. The van der Waals surface area contributed by atoms with Crippen LogP contribution in [0, 0.1) is 0 Å². The fourth-order valence-corrected chi connectivity index (χ4v) is 3.25. The lowest BCUT2D eigenvalue weighted by molar-refractivity contribution is -0.145. The molecule has 0 unspecified atom stereocenters. The standard InChI is InChI=1S/C23H21BrN2O7/c1-3-31-19-12-14(5-10-18(19)33-13-20(27)32-4-2)11-17-21(28)25-23(30)26(22(17)29)16-8-6-15(24)7-9-16/h5-12H,3-4,13H2,1-2H3,(H,25,28,30)/b17-11+. The van der Waals surface area contributed by atoms with Crippen LogP contribution >= 0.6 is 15.9 Å². The molecule has 1 heterocycles. The molecule has 0 bridgehead atoms. The largest absolute Gasteiger partial charge is 0.490 e. The van der Waals surface area contributed by atoms with Gasteiger partial charge in [0.05, 0.1) is 18.9 Å². The topological polar surface area (TPSA) is 111 Å². The van der Waals surface area contributed by atoms with E-state index < -0.39 is 23.8 Å². The second kappa shape index (κ2) is 10.8. The molecule has 1 fully saturated rings. The molecule has 1 N–H and O–H groups in total. The molecule has 0 radical (unpaired) electrons. The Morgan fingerprint density at radius 1 is 1.00 bits per heavy atom. The van der Waals surface area contributed by atoms with Crippen LogP contribution < -0.4 is 19.7 Å². The number of ether oxygens (including phenoxy) is 3. The molecule has 0 spiro atoms. The first kappa shape index (κ1) is 24.0. The maximum atomic E-state index is 13.0. The Hall–Kier alpha value is -3.66. The predicted molar refractivity (Wildman–Crippen MR) is 123 cm³/mol. The number of imide groups is 2. The monoisotopic (exact) mass is 516 g/mol. The summed E-state index contributed by atoms with van der Waals surface area (Å²) in [7, 11) is 0. The summed E-state index contributed by atoms with van der Waals surface area (Å²) in [5.74, 6) is -1.46. The fraction of sp³-hybridized carbons (Fsp3) is 0.217. The highest BCUT2D eigenvalue weighted by atomic mass is 79.9. The van der Waals surface area contributed by atoms with Crippen molar-refractivity contribution in [2.45, 2.75) is 13.8 Å². The van der Waals surface area contributed by atoms with E-state index in [0.717, 1.165) is 9.37 Å². The summed E-state index contributed by atoms with van der Waals surface area (Å²) in [4.78, 5) is 50.2.